The standard InChI is InChI=1S/C27H31N5O5/c33-24(34)16-30-25(35)23(14-18-15-29-20-10-5-4-9-19(18)20)32-27(37)22(13-17-7-2-1-3-8-17)31-26(36)21-11-6-12-28-21/h1-5,7-10,15,21-23,28-29H,6,11-14,16H2,(H,30,35)(H,31,36)(H,32,37)(H,33,34). The van der Waals surface area contributed by atoms with E-state index in [-0.39, 0.29) is 24.8 Å². The Morgan fingerprint density at radius 3 is 2.38 bits per heavy atom. The number of fused-ring (bicyclic) bond motifs is 1. The van der Waals surface area contributed by atoms with Crippen molar-refractivity contribution in [3.8, 4) is 0 Å². The molecule has 0 saturated carbocycles. The molecule has 6 N–H and O–H groups in total. The second-order valence-electron chi connectivity index (χ2n) is 9.14. The molecule has 4 rings (SSSR count). The van der Waals surface area contributed by atoms with Crippen LogP contribution in [0.5, 0.6) is 0 Å². The van der Waals surface area contributed by atoms with Crippen molar-refractivity contribution in [2.75, 3.05) is 13.1 Å². The summed E-state index contributed by atoms with van der Waals surface area (Å²) in [7, 11) is 0. The minimum absolute atomic E-state index is 0.136. The number of nitrogens with one attached hydrogen (secondary N) is 5. The summed E-state index contributed by atoms with van der Waals surface area (Å²) in [5.41, 5.74) is 2.53. The van der Waals surface area contributed by atoms with Gasteiger partial charge in [-0.3, -0.25) is 19.2 Å². The zero-order valence-electron chi connectivity index (χ0n) is 20.3. The zero-order valence-corrected chi connectivity index (χ0v) is 20.3. The molecule has 10 nitrogen and oxygen atoms in total. The lowest BCUT2D eigenvalue weighted by Crippen LogP contribution is -2.57. The van der Waals surface area contributed by atoms with Gasteiger partial charge in [0.15, 0.2) is 0 Å². The number of carboxylic acid groups (broad SMARTS) is 1. The van der Waals surface area contributed by atoms with Gasteiger partial charge >= 0.3 is 5.97 Å². The van der Waals surface area contributed by atoms with Gasteiger partial charge in [0.25, 0.3) is 0 Å². The molecule has 194 valence electrons. The fraction of sp³-hybridized carbons (Fsp3) is 0.333. The average molecular weight is 506 g/mol. The molecule has 0 bridgehead atoms. The smallest absolute Gasteiger partial charge is 0.322 e. The number of H-pyrrole nitrogens is 1. The normalized spacial score (nSPS) is 16.6. The number of amides is 3. The van der Waals surface area contributed by atoms with Gasteiger partial charge in [-0.25, -0.2) is 0 Å². The van der Waals surface area contributed by atoms with Crippen molar-refractivity contribution < 1.29 is 24.3 Å². The van der Waals surface area contributed by atoms with Crippen LogP contribution < -0.4 is 21.3 Å². The molecule has 2 heterocycles. The first-order chi connectivity index (χ1) is 17.9. The van der Waals surface area contributed by atoms with Crippen molar-refractivity contribution in [3.05, 3.63) is 71.9 Å². The number of hydrogen-bond acceptors (Lipinski definition) is 5. The molecule has 1 saturated heterocycles. The van der Waals surface area contributed by atoms with Crippen molar-refractivity contribution in [1.29, 1.82) is 0 Å². The molecule has 1 fully saturated rings. The zero-order chi connectivity index (χ0) is 26.2. The third-order valence-corrected chi connectivity index (χ3v) is 6.44. The van der Waals surface area contributed by atoms with Crippen molar-refractivity contribution in [2.45, 2.75) is 43.8 Å². The van der Waals surface area contributed by atoms with Gasteiger partial charge in [0.2, 0.25) is 17.7 Å². The highest BCUT2D eigenvalue weighted by Gasteiger charge is 2.30. The quantitative estimate of drug-likeness (QED) is 0.228. The highest BCUT2D eigenvalue weighted by molar-refractivity contribution is 5.94. The third-order valence-electron chi connectivity index (χ3n) is 6.44. The lowest BCUT2D eigenvalue weighted by Gasteiger charge is -2.24. The predicted molar refractivity (Wildman–Crippen MR) is 138 cm³/mol. The Kier molecular flexibility index (Phi) is 8.52. The van der Waals surface area contributed by atoms with Crippen LogP contribution in [0.3, 0.4) is 0 Å². The molecule has 3 aromatic rings. The molecule has 0 spiro atoms. The molecule has 0 aliphatic carbocycles. The lowest BCUT2D eigenvalue weighted by atomic mass is 10.0. The number of aromatic nitrogens is 1. The summed E-state index contributed by atoms with van der Waals surface area (Å²) >= 11 is 0. The number of carbonyl (C=O) groups is 4. The van der Waals surface area contributed by atoms with Crippen LogP contribution in [0.2, 0.25) is 0 Å². The number of para-hydroxylation sites is 1. The van der Waals surface area contributed by atoms with E-state index in [0.717, 1.165) is 35.0 Å². The first-order valence-corrected chi connectivity index (χ1v) is 12.3. The van der Waals surface area contributed by atoms with Crippen molar-refractivity contribution >= 4 is 34.6 Å². The largest absolute Gasteiger partial charge is 0.480 e. The molecule has 3 unspecified atom stereocenters. The van der Waals surface area contributed by atoms with E-state index in [1.807, 2.05) is 54.6 Å². The fourth-order valence-corrected chi connectivity index (χ4v) is 4.53. The van der Waals surface area contributed by atoms with E-state index in [1.165, 1.54) is 0 Å². The van der Waals surface area contributed by atoms with Crippen LogP contribution in [0.1, 0.15) is 24.0 Å². The van der Waals surface area contributed by atoms with E-state index >= 15 is 0 Å². The van der Waals surface area contributed by atoms with Crippen LogP contribution in [0, 0.1) is 0 Å². The molecule has 37 heavy (non-hydrogen) atoms. The van der Waals surface area contributed by atoms with Gasteiger partial charge < -0.3 is 31.4 Å². The van der Waals surface area contributed by atoms with E-state index in [9.17, 15) is 19.2 Å². The second kappa shape index (κ2) is 12.2. The molecule has 3 amide bonds. The van der Waals surface area contributed by atoms with E-state index in [0.29, 0.717) is 6.42 Å². The monoisotopic (exact) mass is 505 g/mol. The van der Waals surface area contributed by atoms with Crippen molar-refractivity contribution in [2.24, 2.45) is 0 Å². The Labute approximate surface area is 214 Å². The molecule has 3 atom stereocenters. The van der Waals surface area contributed by atoms with E-state index in [1.54, 1.807) is 6.20 Å². The van der Waals surface area contributed by atoms with Crippen molar-refractivity contribution in [1.82, 2.24) is 26.3 Å². The Balaban J connectivity index is 1.54. The van der Waals surface area contributed by atoms with E-state index < -0.39 is 36.4 Å². The minimum atomic E-state index is -1.19. The maximum absolute atomic E-state index is 13.5. The first-order valence-electron chi connectivity index (χ1n) is 12.3. The summed E-state index contributed by atoms with van der Waals surface area (Å²) in [5, 5.41) is 21.0. The Morgan fingerprint density at radius 2 is 1.65 bits per heavy atom. The topological polar surface area (TPSA) is 152 Å². The minimum Gasteiger partial charge on any atom is -0.480 e. The second-order valence-corrected chi connectivity index (χ2v) is 9.14. The number of aromatic amines is 1. The van der Waals surface area contributed by atoms with E-state index in [4.69, 9.17) is 5.11 Å². The maximum Gasteiger partial charge on any atom is 0.322 e. The molecular weight excluding hydrogens is 474 g/mol. The molecule has 10 heteroatoms. The van der Waals surface area contributed by atoms with Gasteiger partial charge in [0.05, 0.1) is 6.04 Å². The number of aliphatic carboxylic acids is 1. The van der Waals surface area contributed by atoms with Gasteiger partial charge in [-0.2, -0.15) is 0 Å². The summed E-state index contributed by atoms with van der Waals surface area (Å²) in [5.74, 6) is -2.60. The molecule has 1 aliphatic heterocycles. The molecule has 1 aliphatic rings. The number of carboxylic acids is 1. The molecular formula is C27H31N5O5. The van der Waals surface area contributed by atoms with Crippen LogP contribution in [0.4, 0.5) is 0 Å². The maximum atomic E-state index is 13.5. The number of carbonyl (C=O) groups excluding carboxylic acids is 3. The predicted octanol–water partition coefficient (Wildman–Crippen LogP) is 0.876. The summed E-state index contributed by atoms with van der Waals surface area (Å²) < 4.78 is 0. The van der Waals surface area contributed by atoms with Crippen LogP contribution >= 0.6 is 0 Å². The Bertz CT molecular complexity index is 1250. The molecule has 1 aromatic heterocycles. The van der Waals surface area contributed by atoms with Crippen LogP contribution in [-0.4, -0.2) is 65.0 Å². The number of benzene rings is 2. The summed E-state index contributed by atoms with van der Waals surface area (Å²) in [6, 6.07) is 14.5. The highest BCUT2D eigenvalue weighted by atomic mass is 16.4. The highest BCUT2D eigenvalue weighted by Crippen LogP contribution is 2.19. The first kappa shape index (κ1) is 25.9. The number of hydrogen-bond donors (Lipinski definition) is 6. The van der Waals surface area contributed by atoms with Crippen molar-refractivity contribution in [3.63, 3.8) is 0 Å². The summed E-state index contributed by atoms with van der Waals surface area (Å²) in [6.07, 6.45) is 3.71. The SMILES string of the molecule is O=C(O)CNC(=O)C(Cc1c[nH]c2ccccc12)NC(=O)C(Cc1ccccc1)NC(=O)C1CCCN1. The Morgan fingerprint density at radius 1 is 0.919 bits per heavy atom. The fourth-order valence-electron chi connectivity index (χ4n) is 4.53. The van der Waals surface area contributed by atoms with Crippen LogP contribution in [0.15, 0.2) is 60.8 Å². The van der Waals surface area contributed by atoms with Gasteiger partial charge in [-0.1, -0.05) is 48.5 Å². The van der Waals surface area contributed by atoms with Gasteiger partial charge in [-0.05, 0) is 36.6 Å². The van der Waals surface area contributed by atoms with E-state index in [2.05, 4.69) is 26.3 Å². The average Bonchev–Trinajstić information content (AvgIpc) is 3.58. The summed E-state index contributed by atoms with van der Waals surface area (Å²) in [4.78, 5) is 53.5. The Hall–Kier alpha value is -4.18. The van der Waals surface area contributed by atoms with Gasteiger partial charge in [0.1, 0.15) is 18.6 Å². The van der Waals surface area contributed by atoms with Crippen LogP contribution in [-0.2, 0) is 32.0 Å². The molecule has 0 radical (unpaired) electrons. The third kappa shape index (κ3) is 6.95. The lowest BCUT2D eigenvalue weighted by molar-refractivity contribution is -0.138. The number of rotatable bonds is 11. The molecule has 2 aromatic carbocycles. The van der Waals surface area contributed by atoms with Gasteiger partial charge in [-0.15, -0.1) is 0 Å². The van der Waals surface area contributed by atoms with Crippen LogP contribution in [0.25, 0.3) is 10.9 Å². The van der Waals surface area contributed by atoms with Gasteiger partial charge in [0, 0.05) is 29.9 Å². The summed E-state index contributed by atoms with van der Waals surface area (Å²) in [6.45, 7) is 0.167.